The number of nitrogens with two attached hydrogens (primary N) is 1. The number of hydrogen-bond donors (Lipinski definition) is 1. The van der Waals surface area contributed by atoms with E-state index in [1.807, 2.05) is 12.3 Å². The molecule has 1 aromatic heterocycles. The highest BCUT2D eigenvalue weighted by Crippen LogP contribution is 2.19. The monoisotopic (exact) mass is 287 g/mol. The molecule has 0 amide bonds. The second-order valence-electron chi connectivity index (χ2n) is 4.98. The van der Waals surface area contributed by atoms with E-state index in [1.165, 1.54) is 5.56 Å². The minimum atomic E-state index is 0.212. The van der Waals surface area contributed by atoms with Crippen LogP contribution in [0.3, 0.4) is 0 Å². The van der Waals surface area contributed by atoms with Gasteiger partial charge in [0, 0.05) is 30.0 Å². The van der Waals surface area contributed by atoms with Crippen molar-refractivity contribution in [1.82, 2.24) is 4.57 Å². The molecule has 4 heteroatoms. The fourth-order valence-corrected chi connectivity index (χ4v) is 2.34. The van der Waals surface area contributed by atoms with Crippen molar-refractivity contribution in [1.29, 1.82) is 5.26 Å². The summed E-state index contributed by atoms with van der Waals surface area (Å²) in [5, 5.41) is 9.46. The molecule has 20 heavy (non-hydrogen) atoms. The third kappa shape index (κ3) is 3.63. The Labute approximate surface area is 124 Å². The first kappa shape index (κ1) is 14.6. The average Bonchev–Trinajstić information content (AvgIpc) is 2.88. The number of benzene rings is 1. The molecule has 2 N–H and O–H groups in total. The summed E-state index contributed by atoms with van der Waals surface area (Å²) in [6.45, 7) is 2.80. The molecule has 0 saturated carbocycles. The smallest absolute Gasteiger partial charge is 0.0992 e. The van der Waals surface area contributed by atoms with Gasteiger partial charge in [-0.2, -0.15) is 5.26 Å². The van der Waals surface area contributed by atoms with Gasteiger partial charge in [-0.05, 0) is 42.2 Å². The number of hydrogen-bond acceptors (Lipinski definition) is 2. The first-order chi connectivity index (χ1) is 9.62. The Balaban J connectivity index is 2.09. The molecule has 0 aliphatic heterocycles. The van der Waals surface area contributed by atoms with E-state index in [-0.39, 0.29) is 6.04 Å². The van der Waals surface area contributed by atoms with Gasteiger partial charge in [0.25, 0.3) is 0 Å². The molecule has 0 fully saturated rings. The highest BCUT2D eigenvalue weighted by Gasteiger charge is 2.06. The molecule has 0 bridgehead atoms. The fraction of sp³-hybridized carbons (Fsp3) is 0.312. The lowest BCUT2D eigenvalue weighted by Crippen LogP contribution is -2.21. The van der Waals surface area contributed by atoms with Crippen LogP contribution in [-0.4, -0.2) is 10.6 Å². The van der Waals surface area contributed by atoms with E-state index >= 15 is 0 Å². The molecule has 0 saturated heterocycles. The molecule has 1 heterocycles. The molecule has 1 unspecified atom stereocenters. The number of nitriles is 1. The van der Waals surface area contributed by atoms with Gasteiger partial charge in [-0.1, -0.05) is 24.6 Å². The van der Waals surface area contributed by atoms with Crippen molar-refractivity contribution < 1.29 is 0 Å². The minimum Gasteiger partial charge on any atom is -0.350 e. The van der Waals surface area contributed by atoms with Gasteiger partial charge in [0.05, 0.1) is 11.6 Å². The predicted molar refractivity (Wildman–Crippen MR) is 81.7 cm³/mol. The van der Waals surface area contributed by atoms with Gasteiger partial charge in [-0.3, -0.25) is 0 Å². The second kappa shape index (κ2) is 6.60. The zero-order valence-electron chi connectivity index (χ0n) is 11.5. The van der Waals surface area contributed by atoms with E-state index in [1.54, 1.807) is 12.1 Å². The Morgan fingerprint density at radius 1 is 1.40 bits per heavy atom. The zero-order valence-corrected chi connectivity index (χ0v) is 12.3. The van der Waals surface area contributed by atoms with Crippen LogP contribution in [0.5, 0.6) is 0 Å². The van der Waals surface area contributed by atoms with Crippen LogP contribution >= 0.6 is 11.6 Å². The number of rotatable bonds is 5. The van der Waals surface area contributed by atoms with Gasteiger partial charge in [0.2, 0.25) is 0 Å². The van der Waals surface area contributed by atoms with Crippen LogP contribution in [0.25, 0.3) is 0 Å². The molecule has 1 atom stereocenters. The van der Waals surface area contributed by atoms with Crippen molar-refractivity contribution in [2.75, 3.05) is 0 Å². The number of nitrogens with zero attached hydrogens (tertiary/aromatic N) is 2. The molecule has 0 aliphatic rings. The van der Waals surface area contributed by atoms with Crippen molar-refractivity contribution in [3.63, 3.8) is 0 Å². The van der Waals surface area contributed by atoms with Crippen molar-refractivity contribution in [3.05, 3.63) is 58.4 Å². The first-order valence-corrected chi connectivity index (χ1v) is 7.09. The largest absolute Gasteiger partial charge is 0.350 e. The summed E-state index contributed by atoms with van der Waals surface area (Å²) in [4.78, 5) is 0. The summed E-state index contributed by atoms with van der Waals surface area (Å²) in [6, 6.07) is 9.78. The lowest BCUT2D eigenvalue weighted by molar-refractivity contribution is 0.645. The van der Waals surface area contributed by atoms with E-state index in [2.05, 4.69) is 29.8 Å². The van der Waals surface area contributed by atoms with Gasteiger partial charge >= 0.3 is 0 Å². The topological polar surface area (TPSA) is 54.7 Å². The van der Waals surface area contributed by atoms with E-state index in [4.69, 9.17) is 22.6 Å². The summed E-state index contributed by atoms with van der Waals surface area (Å²) in [7, 11) is 0. The Morgan fingerprint density at radius 2 is 2.20 bits per heavy atom. The normalized spacial score (nSPS) is 12.1. The Bertz CT molecular complexity index is 625. The number of halogens is 1. The van der Waals surface area contributed by atoms with E-state index in [9.17, 15) is 0 Å². The van der Waals surface area contributed by atoms with E-state index in [0.717, 1.165) is 18.4 Å². The lowest BCUT2D eigenvalue weighted by atomic mass is 10.1. The second-order valence-corrected chi connectivity index (χ2v) is 5.39. The Kier molecular flexibility index (Phi) is 4.84. The summed E-state index contributed by atoms with van der Waals surface area (Å²) >= 11 is 6.19. The maximum absolute atomic E-state index is 8.83. The molecule has 3 nitrogen and oxygen atoms in total. The molecule has 0 radical (unpaired) electrons. The fourth-order valence-electron chi connectivity index (χ4n) is 2.10. The standard InChI is InChI=1S/C16H18ClN3/c1-2-15(19)7-13-5-6-20(10-13)11-14-4-3-12(9-18)8-16(14)17/h3-6,8,10,15H,2,7,11,19H2,1H3. The molecule has 0 aliphatic carbocycles. The first-order valence-electron chi connectivity index (χ1n) is 6.71. The van der Waals surface area contributed by atoms with Crippen LogP contribution in [0, 0.1) is 11.3 Å². The third-order valence-corrected chi connectivity index (χ3v) is 3.72. The predicted octanol–water partition coefficient (Wildman–Crippen LogP) is 3.34. The van der Waals surface area contributed by atoms with Crippen LogP contribution in [0.1, 0.15) is 30.0 Å². The average molecular weight is 288 g/mol. The summed E-state index contributed by atoms with van der Waals surface area (Å²) in [5.74, 6) is 0. The van der Waals surface area contributed by atoms with Gasteiger partial charge in [0.1, 0.15) is 0 Å². The van der Waals surface area contributed by atoms with Crippen LogP contribution in [0.15, 0.2) is 36.7 Å². The van der Waals surface area contributed by atoms with Gasteiger partial charge in [-0.15, -0.1) is 0 Å². The highest BCUT2D eigenvalue weighted by atomic mass is 35.5. The van der Waals surface area contributed by atoms with Crippen molar-refractivity contribution in [3.8, 4) is 6.07 Å². The van der Waals surface area contributed by atoms with Crippen LogP contribution in [-0.2, 0) is 13.0 Å². The minimum absolute atomic E-state index is 0.212. The molecule has 2 aromatic rings. The molecular formula is C16H18ClN3. The van der Waals surface area contributed by atoms with Gasteiger partial charge < -0.3 is 10.3 Å². The maximum Gasteiger partial charge on any atom is 0.0992 e. The van der Waals surface area contributed by atoms with Crippen molar-refractivity contribution >= 4 is 11.6 Å². The molecule has 104 valence electrons. The van der Waals surface area contributed by atoms with Gasteiger partial charge in [0.15, 0.2) is 0 Å². The summed E-state index contributed by atoms with van der Waals surface area (Å²) in [5.41, 5.74) is 8.79. The van der Waals surface area contributed by atoms with E-state index < -0.39 is 0 Å². The molecule has 0 spiro atoms. The van der Waals surface area contributed by atoms with Crippen LogP contribution in [0.4, 0.5) is 0 Å². The maximum atomic E-state index is 8.83. The number of aromatic nitrogens is 1. The quantitative estimate of drug-likeness (QED) is 0.917. The van der Waals surface area contributed by atoms with Crippen molar-refractivity contribution in [2.45, 2.75) is 32.4 Å². The molecular weight excluding hydrogens is 270 g/mol. The Morgan fingerprint density at radius 3 is 2.85 bits per heavy atom. The lowest BCUT2D eigenvalue weighted by Gasteiger charge is -2.07. The Hall–Kier alpha value is -1.76. The van der Waals surface area contributed by atoms with Crippen LogP contribution < -0.4 is 5.73 Å². The zero-order chi connectivity index (χ0) is 14.5. The third-order valence-electron chi connectivity index (χ3n) is 3.37. The highest BCUT2D eigenvalue weighted by molar-refractivity contribution is 6.31. The van der Waals surface area contributed by atoms with Crippen molar-refractivity contribution in [2.24, 2.45) is 5.73 Å². The SMILES string of the molecule is CCC(N)Cc1ccn(Cc2ccc(C#N)cc2Cl)c1. The molecule has 2 rings (SSSR count). The molecule has 1 aromatic carbocycles. The van der Waals surface area contributed by atoms with E-state index in [0.29, 0.717) is 17.1 Å². The summed E-state index contributed by atoms with van der Waals surface area (Å²) < 4.78 is 2.09. The summed E-state index contributed by atoms with van der Waals surface area (Å²) in [6.07, 6.45) is 6.01. The van der Waals surface area contributed by atoms with Crippen LogP contribution in [0.2, 0.25) is 5.02 Å². The van der Waals surface area contributed by atoms with Gasteiger partial charge in [-0.25, -0.2) is 0 Å².